The molecule has 132 valence electrons. The number of carbonyl (C=O) groups is 1. The van der Waals surface area contributed by atoms with Gasteiger partial charge in [-0.3, -0.25) is 14.9 Å². The van der Waals surface area contributed by atoms with E-state index in [1.54, 1.807) is 19.1 Å². The van der Waals surface area contributed by atoms with Gasteiger partial charge in [-0.05, 0) is 36.8 Å². The fourth-order valence-electron chi connectivity index (χ4n) is 2.15. The average molecular weight is 369 g/mol. The van der Waals surface area contributed by atoms with Crippen molar-refractivity contribution >= 4 is 40.6 Å². The van der Waals surface area contributed by atoms with Crippen LogP contribution in [0.25, 0.3) is 11.0 Å². The summed E-state index contributed by atoms with van der Waals surface area (Å²) in [5.41, 5.74) is 4.87. The monoisotopic (exact) mass is 369 g/mol. The van der Waals surface area contributed by atoms with Crippen molar-refractivity contribution < 1.29 is 9.72 Å². The van der Waals surface area contributed by atoms with Crippen molar-refractivity contribution in [1.29, 1.82) is 0 Å². The van der Waals surface area contributed by atoms with Crippen LogP contribution in [0.2, 0.25) is 0 Å². The molecule has 3 aromatic rings. The summed E-state index contributed by atoms with van der Waals surface area (Å²) in [5.74, 6) is -0.270. The fraction of sp³-hybridized carbons (Fsp3) is 0.118. The highest BCUT2D eigenvalue weighted by atomic mass is 32.2. The summed E-state index contributed by atoms with van der Waals surface area (Å²) in [4.78, 5) is 29.8. The Labute approximate surface area is 152 Å². The van der Waals surface area contributed by atoms with Crippen LogP contribution < -0.4 is 5.43 Å². The predicted octanol–water partition coefficient (Wildman–Crippen LogP) is 3.10. The fourth-order valence-corrected chi connectivity index (χ4v) is 2.96. The largest absolute Gasteiger partial charge is 0.333 e. The highest BCUT2D eigenvalue weighted by Gasteiger charge is 2.16. The number of hydrogen-bond donors (Lipinski definition) is 2. The number of para-hydroxylation sites is 2. The zero-order chi connectivity index (χ0) is 18.5. The number of rotatable bonds is 6. The average Bonchev–Trinajstić information content (AvgIpc) is 3.04. The molecule has 0 aliphatic heterocycles. The number of hydrogen-bond acceptors (Lipinski definition) is 6. The van der Waals surface area contributed by atoms with Gasteiger partial charge < -0.3 is 4.98 Å². The van der Waals surface area contributed by atoms with E-state index >= 15 is 0 Å². The Morgan fingerprint density at radius 1 is 1.31 bits per heavy atom. The van der Waals surface area contributed by atoms with Gasteiger partial charge >= 0.3 is 0 Å². The Bertz CT molecular complexity index is 935. The number of imidazole rings is 1. The highest BCUT2D eigenvalue weighted by molar-refractivity contribution is 8.00. The van der Waals surface area contributed by atoms with Crippen LogP contribution in [0, 0.1) is 10.1 Å². The molecule has 0 aliphatic rings. The first-order valence-electron chi connectivity index (χ1n) is 7.72. The molecule has 9 heteroatoms. The molecule has 1 amide bonds. The van der Waals surface area contributed by atoms with Crippen molar-refractivity contribution in [2.45, 2.75) is 17.3 Å². The molecule has 0 radical (unpaired) electrons. The molecule has 0 saturated carbocycles. The van der Waals surface area contributed by atoms with Crippen LogP contribution in [0.4, 0.5) is 5.69 Å². The van der Waals surface area contributed by atoms with E-state index in [4.69, 9.17) is 0 Å². The number of thioether (sulfide) groups is 1. The first-order chi connectivity index (χ1) is 12.5. The second-order valence-corrected chi connectivity index (χ2v) is 6.73. The number of aromatic amines is 1. The van der Waals surface area contributed by atoms with Crippen LogP contribution in [0.5, 0.6) is 0 Å². The molecular weight excluding hydrogens is 354 g/mol. The van der Waals surface area contributed by atoms with Gasteiger partial charge in [0.05, 0.1) is 27.4 Å². The van der Waals surface area contributed by atoms with E-state index in [1.165, 1.54) is 30.1 Å². The Morgan fingerprint density at radius 3 is 2.73 bits per heavy atom. The quantitative estimate of drug-likeness (QED) is 0.300. The van der Waals surface area contributed by atoms with Crippen molar-refractivity contribution in [3.05, 3.63) is 64.2 Å². The molecule has 3 rings (SSSR count). The van der Waals surface area contributed by atoms with Crippen molar-refractivity contribution in [2.24, 2.45) is 5.10 Å². The number of non-ortho nitro benzene ring substituents is 1. The van der Waals surface area contributed by atoms with Gasteiger partial charge in [-0.15, -0.1) is 0 Å². The minimum Gasteiger partial charge on any atom is -0.333 e. The third-order valence-corrected chi connectivity index (χ3v) is 4.50. The van der Waals surface area contributed by atoms with Crippen LogP contribution in [-0.4, -0.2) is 32.3 Å². The van der Waals surface area contributed by atoms with Gasteiger partial charge in [0.1, 0.15) is 0 Å². The topological polar surface area (TPSA) is 113 Å². The van der Waals surface area contributed by atoms with Crippen molar-refractivity contribution in [3.63, 3.8) is 0 Å². The number of carbonyl (C=O) groups excluding carboxylic acids is 1. The zero-order valence-corrected chi connectivity index (χ0v) is 14.6. The Balaban J connectivity index is 1.55. The van der Waals surface area contributed by atoms with E-state index in [1.807, 2.05) is 24.3 Å². The molecule has 26 heavy (non-hydrogen) atoms. The summed E-state index contributed by atoms with van der Waals surface area (Å²) in [5, 5.41) is 14.7. The number of H-pyrrole nitrogens is 1. The molecule has 8 nitrogen and oxygen atoms in total. The molecule has 2 N–H and O–H groups in total. The second-order valence-electron chi connectivity index (χ2n) is 5.40. The standard InChI is InChI=1S/C17H15N5O3S/c1-11(26-17-19-14-4-2-3-5-15(14)20-17)16(23)21-18-10-12-6-8-13(9-7-12)22(24)25/h2-11H,1H3,(H,19,20)(H,21,23)/b18-10+. The summed E-state index contributed by atoms with van der Waals surface area (Å²) < 4.78 is 0. The van der Waals surface area contributed by atoms with Crippen LogP contribution in [0.15, 0.2) is 58.8 Å². The molecule has 0 saturated heterocycles. The van der Waals surface area contributed by atoms with E-state index in [0.29, 0.717) is 10.7 Å². The number of nitrogens with one attached hydrogen (secondary N) is 2. The smallest absolute Gasteiger partial charge is 0.269 e. The van der Waals surface area contributed by atoms with E-state index in [0.717, 1.165) is 11.0 Å². The Hall–Kier alpha value is -3.20. The lowest BCUT2D eigenvalue weighted by Crippen LogP contribution is -2.26. The molecule has 0 fully saturated rings. The third kappa shape index (κ3) is 4.25. The van der Waals surface area contributed by atoms with Gasteiger partial charge in [0, 0.05) is 12.1 Å². The SMILES string of the molecule is CC(Sc1nc2ccccc2[nH]1)C(=O)N/N=C/c1ccc([N+](=O)[O-])cc1. The number of amides is 1. The molecular formula is C17H15N5O3S. The maximum absolute atomic E-state index is 12.1. The van der Waals surface area contributed by atoms with E-state index in [9.17, 15) is 14.9 Å². The van der Waals surface area contributed by atoms with E-state index in [-0.39, 0.29) is 11.6 Å². The molecule has 0 aliphatic carbocycles. The second kappa shape index (κ2) is 7.79. The molecule has 0 spiro atoms. The first-order valence-corrected chi connectivity index (χ1v) is 8.59. The van der Waals surface area contributed by atoms with Gasteiger partial charge in [-0.2, -0.15) is 5.10 Å². The lowest BCUT2D eigenvalue weighted by molar-refractivity contribution is -0.384. The van der Waals surface area contributed by atoms with Crippen LogP contribution in [0.3, 0.4) is 0 Å². The number of hydrazone groups is 1. The number of aromatic nitrogens is 2. The predicted molar refractivity (Wildman–Crippen MR) is 100 cm³/mol. The number of nitro benzene ring substituents is 1. The molecule has 2 aromatic carbocycles. The number of fused-ring (bicyclic) bond motifs is 1. The lowest BCUT2D eigenvalue weighted by Gasteiger charge is -2.06. The maximum Gasteiger partial charge on any atom is 0.269 e. The molecule has 1 atom stereocenters. The summed E-state index contributed by atoms with van der Waals surface area (Å²) >= 11 is 1.30. The molecule has 1 heterocycles. The molecule has 1 aromatic heterocycles. The molecule has 0 bridgehead atoms. The van der Waals surface area contributed by atoms with E-state index in [2.05, 4.69) is 20.5 Å². The van der Waals surface area contributed by atoms with Crippen LogP contribution in [-0.2, 0) is 4.79 Å². The van der Waals surface area contributed by atoms with Gasteiger partial charge in [0.15, 0.2) is 5.16 Å². The summed E-state index contributed by atoms with van der Waals surface area (Å²) in [6.07, 6.45) is 1.43. The van der Waals surface area contributed by atoms with Crippen molar-refractivity contribution in [3.8, 4) is 0 Å². The normalized spacial score (nSPS) is 12.3. The summed E-state index contributed by atoms with van der Waals surface area (Å²) in [7, 11) is 0. The minimum absolute atomic E-state index is 0.00189. The highest BCUT2D eigenvalue weighted by Crippen LogP contribution is 2.23. The maximum atomic E-state index is 12.1. The summed E-state index contributed by atoms with van der Waals surface area (Å²) in [6, 6.07) is 13.5. The van der Waals surface area contributed by atoms with Gasteiger partial charge in [-0.25, -0.2) is 10.4 Å². The number of nitrogens with zero attached hydrogens (tertiary/aromatic N) is 3. The van der Waals surface area contributed by atoms with Gasteiger partial charge in [-0.1, -0.05) is 23.9 Å². The Morgan fingerprint density at radius 2 is 2.04 bits per heavy atom. The van der Waals surface area contributed by atoms with Crippen LogP contribution >= 0.6 is 11.8 Å². The van der Waals surface area contributed by atoms with Crippen LogP contribution in [0.1, 0.15) is 12.5 Å². The Kier molecular flexibility index (Phi) is 5.28. The lowest BCUT2D eigenvalue weighted by atomic mass is 10.2. The van der Waals surface area contributed by atoms with E-state index < -0.39 is 10.2 Å². The zero-order valence-electron chi connectivity index (χ0n) is 13.7. The number of nitro groups is 1. The number of benzene rings is 2. The minimum atomic E-state index is -0.473. The first kappa shape index (κ1) is 17.6. The van der Waals surface area contributed by atoms with Crippen molar-refractivity contribution in [2.75, 3.05) is 0 Å². The summed E-state index contributed by atoms with van der Waals surface area (Å²) in [6.45, 7) is 1.76. The third-order valence-electron chi connectivity index (χ3n) is 3.52. The van der Waals surface area contributed by atoms with Gasteiger partial charge in [0.25, 0.3) is 11.6 Å². The van der Waals surface area contributed by atoms with Gasteiger partial charge in [0.2, 0.25) is 0 Å². The van der Waals surface area contributed by atoms with Crippen molar-refractivity contribution in [1.82, 2.24) is 15.4 Å². The molecule has 1 unspecified atom stereocenters.